The lowest BCUT2D eigenvalue weighted by Gasteiger charge is -2.25. The number of nitrogens with zero attached hydrogens (tertiary/aromatic N) is 3. The number of amides is 1. The van der Waals surface area contributed by atoms with Gasteiger partial charge in [-0.2, -0.15) is 13.2 Å². The van der Waals surface area contributed by atoms with Crippen LogP contribution in [0.3, 0.4) is 0 Å². The summed E-state index contributed by atoms with van der Waals surface area (Å²) >= 11 is 0. The number of carbonyl (C=O) groups excluding carboxylic acids is 1. The van der Waals surface area contributed by atoms with Crippen LogP contribution >= 0.6 is 0 Å². The third-order valence-corrected chi connectivity index (χ3v) is 3.84. The van der Waals surface area contributed by atoms with Crippen molar-refractivity contribution in [1.82, 2.24) is 20.1 Å². The second-order valence-electron chi connectivity index (χ2n) is 5.25. The number of aromatic nitrogens is 3. The maximum Gasteiger partial charge on any atom is 0.406 e. The van der Waals surface area contributed by atoms with Crippen molar-refractivity contribution in [2.45, 2.75) is 32.1 Å². The highest BCUT2D eigenvalue weighted by Crippen LogP contribution is 2.18. The molecule has 0 radical (unpaired) electrons. The van der Waals surface area contributed by atoms with Gasteiger partial charge in [-0.3, -0.25) is 9.89 Å². The van der Waals surface area contributed by atoms with Gasteiger partial charge in [0.2, 0.25) is 15.7 Å². The number of carbonyl (C=O) groups is 1. The quantitative estimate of drug-likeness (QED) is 0.830. The zero-order valence-electron chi connectivity index (χ0n) is 12.3. The Hall–Kier alpha value is -1.65. The van der Waals surface area contributed by atoms with Gasteiger partial charge in [0.1, 0.15) is 18.1 Å². The molecule has 0 aliphatic heterocycles. The number of nitrogens with one attached hydrogen (secondary N) is 1. The predicted octanol–water partition coefficient (Wildman–Crippen LogP) is 0.934. The maximum atomic E-state index is 12.5. The molecule has 0 saturated carbocycles. The molecule has 0 saturated heterocycles. The second-order valence-corrected chi connectivity index (χ2v) is 7.13. The molecule has 1 aromatic rings. The van der Waals surface area contributed by atoms with Crippen molar-refractivity contribution in [3.8, 4) is 0 Å². The average Bonchev–Trinajstić information content (AvgIpc) is 2.72. The van der Waals surface area contributed by atoms with Gasteiger partial charge in [-0.05, 0) is 12.8 Å². The predicted molar refractivity (Wildman–Crippen MR) is 70.6 cm³/mol. The standard InChI is InChI=1S/C11H17F3N4O3S/c1-7(2)4-18(6-11(12,13)14)9(19)5-22(20,21)10-15-8(3)16-17-10/h7H,4-6H2,1-3H3,(H,15,16,17). The molecule has 0 aromatic carbocycles. The third-order valence-electron chi connectivity index (χ3n) is 2.48. The number of halogens is 3. The molecule has 0 unspecified atom stereocenters. The highest BCUT2D eigenvalue weighted by Gasteiger charge is 2.35. The molecule has 1 amide bonds. The van der Waals surface area contributed by atoms with Crippen LogP contribution in [0.2, 0.25) is 0 Å². The Balaban J connectivity index is 2.90. The molecule has 11 heteroatoms. The summed E-state index contributed by atoms with van der Waals surface area (Å²) in [6.07, 6.45) is -4.60. The molecule has 0 spiro atoms. The number of H-pyrrole nitrogens is 1. The minimum absolute atomic E-state index is 0.194. The lowest BCUT2D eigenvalue weighted by molar-refractivity contribution is -0.160. The molecule has 1 N–H and O–H groups in total. The van der Waals surface area contributed by atoms with Crippen molar-refractivity contribution in [2.24, 2.45) is 5.92 Å². The molecule has 0 bridgehead atoms. The van der Waals surface area contributed by atoms with Gasteiger partial charge < -0.3 is 4.90 Å². The van der Waals surface area contributed by atoms with Crippen LogP contribution in [-0.4, -0.2) is 59.4 Å². The fourth-order valence-corrected chi connectivity index (χ4v) is 2.79. The summed E-state index contributed by atoms with van der Waals surface area (Å²) in [5, 5.41) is 5.12. The first-order valence-electron chi connectivity index (χ1n) is 6.37. The van der Waals surface area contributed by atoms with E-state index in [1.807, 2.05) is 0 Å². The van der Waals surface area contributed by atoms with Crippen LogP contribution in [0.25, 0.3) is 0 Å². The number of rotatable bonds is 6. The first kappa shape index (κ1) is 18.4. The van der Waals surface area contributed by atoms with E-state index in [4.69, 9.17) is 0 Å². The van der Waals surface area contributed by atoms with E-state index in [0.29, 0.717) is 4.90 Å². The molecule has 1 aromatic heterocycles. The highest BCUT2D eigenvalue weighted by atomic mass is 32.2. The minimum atomic E-state index is -4.60. The van der Waals surface area contributed by atoms with Crippen molar-refractivity contribution in [3.63, 3.8) is 0 Å². The van der Waals surface area contributed by atoms with E-state index >= 15 is 0 Å². The zero-order valence-corrected chi connectivity index (χ0v) is 13.1. The Morgan fingerprint density at radius 2 is 1.95 bits per heavy atom. The lowest BCUT2D eigenvalue weighted by Crippen LogP contribution is -2.43. The van der Waals surface area contributed by atoms with Gasteiger partial charge >= 0.3 is 6.18 Å². The largest absolute Gasteiger partial charge is 0.406 e. The molecule has 1 rings (SSSR count). The lowest BCUT2D eigenvalue weighted by atomic mass is 10.2. The number of aromatic amines is 1. The van der Waals surface area contributed by atoms with Gasteiger partial charge in [0, 0.05) is 6.54 Å². The molecule has 0 aliphatic rings. The van der Waals surface area contributed by atoms with Crippen LogP contribution in [0.5, 0.6) is 0 Å². The van der Waals surface area contributed by atoms with Crippen LogP contribution in [0.15, 0.2) is 5.16 Å². The number of sulfone groups is 1. The van der Waals surface area contributed by atoms with Crippen molar-refractivity contribution < 1.29 is 26.4 Å². The van der Waals surface area contributed by atoms with Crippen LogP contribution in [0.4, 0.5) is 13.2 Å². The first-order valence-corrected chi connectivity index (χ1v) is 8.02. The van der Waals surface area contributed by atoms with E-state index in [0.717, 1.165) is 0 Å². The molecule has 126 valence electrons. The SMILES string of the molecule is Cc1nc(S(=O)(=O)CC(=O)N(CC(C)C)CC(F)(F)F)n[nH]1. The summed E-state index contributed by atoms with van der Waals surface area (Å²) in [7, 11) is -4.19. The Morgan fingerprint density at radius 1 is 1.36 bits per heavy atom. The second kappa shape index (κ2) is 6.63. The summed E-state index contributed by atoms with van der Waals surface area (Å²) in [6, 6.07) is 0. The van der Waals surface area contributed by atoms with Crippen molar-refractivity contribution in [3.05, 3.63) is 5.82 Å². The molecule has 1 heterocycles. The highest BCUT2D eigenvalue weighted by molar-refractivity contribution is 7.91. The monoisotopic (exact) mass is 342 g/mol. The van der Waals surface area contributed by atoms with Gasteiger partial charge in [-0.15, -0.1) is 5.10 Å². The number of hydrogen-bond donors (Lipinski definition) is 1. The maximum absolute atomic E-state index is 12.5. The molecular weight excluding hydrogens is 325 g/mol. The van der Waals surface area contributed by atoms with Gasteiger partial charge in [0.25, 0.3) is 5.16 Å². The fourth-order valence-electron chi connectivity index (χ4n) is 1.69. The average molecular weight is 342 g/mol. The zero-order chi connectivity index (χ0) is 17.1. The Kier molecular flexibility index (Phi) is 5.54. The van der Waals surface area contributed by atoms with Crippen molar-refractivity contribution >= 4 is 15.7 Å². The Bertz CT molecular complexity index is 625. The summed E-state index contributed by atoms with van der Waals surface area (Å²) in [6.45, 7) is 3.03. The summed E-state index contributed by atoms with van der Waals surface area (Å²) in [4.78, 5) is 16.0. The molecule has 0 atom stereocenters. The van der Waals surface area contributed by atoms with E-state index in [9.17, 15) is 26.4 Å². The summed E-state index contributed by atoms with van der Waals surface area (Å²) in [5.74, 6) is -2.25. The van der Waals surface area contributed by atoms with Crippen LogP contribution < -0.4 is 0 Å². The number of aryl methyl sites for hydroxylation is 1. The Morgan fingerprint density at radius 3 is 2.36 bits per heavy atom. The minimum Gasteiger partial charge on any atom is -0.332 e. The van der Waals surface area contributed by atoms with Gasteiger partial charge in [-0.25, -0.2) is 13.4 Å². The van der Waals surface area contributed by atoms with E-state index in [1.165, 1.54) is 6.92 Å². The summed E-state index contributed by atoms with van der Waals surface area (Å²) < 4.78 is 61.4. The van der Waals surface area contributed by atoms with Gasteiger partial charge in [0.05, 0.1) is 0 Å². The molecule has 0 aliphatic carbocycles. The summed E-state index contributed by atoms with van der Waals surface area (Å²) in [5.41, 5.74) is 0. The normalized spacial score (nSPS) is 12.7. The topological polar surface area (TPSA) is 96.0 Å². The van der Waals surface area contributed by atoms with E-state index in [2.05, 4.69) is 15.2 Å². The Labute approximate surface area is 125 Å². The van der Waals surface area contributed by atoms with E-state index in [1.54, 1.807) is 13.8 Å². The first-order chi connectivity index (χ1) is 9.90. The van der Waals surface area contributed by atoms with Gasteiger partial charge in [-0.1, -0.05) is 13.8 Å². The van der Waals surface area contributed by atoms with E-state index in [-0.39, 0.29) is 18.3 Å². The molecule has 7 nitrogen and oxygen atoms in total. The fraction of sp³-hybridized carbons (Fsp3) is 0.727. The number of hydrogen-bond acceptors (Lipinski definition) is 5. The third kappa shape index (κ3) is 5.62. The van der Waals surface area contributed by atoms with Crippen LogP contribution in [0.1, 0.15) is 19.7 Å². The van der Waals surface area contributed by atoms with Crippen LogP contribution in [-0.2, 0) is 14.6 Å². The van der Waals surface area contributed by atoms with Crippen molar-refractivity contribution in [1.29, 1.82) is 0 Å². The molecule has 0 fully saturated rings. The molecule has 22 heavy (non-hydrogen) atoms. The van der Waals surface area contributed by atoms with Gasteiger partial charge in [0.15, 0.2) is 0 Å². The smallest absolute Gasteiger partial charge is 0.332 e. The van der Waals surface area contributed by atoms with Crippen molar-refractivity contribution in [2.75, 3.05) is 18.8 Å². The van der Waals surface area contributed by atoms with E-state index < -0.39 is 39.4 Å². The molecular formula is C11H17F3N4O3S. The number of alkyl halides is 3. The van der Waals surface area contributed by atoms with Crippen LogP contribution in [0, 0.1) is 12.8 Å².